The fraction of sp³-hybridized carbons (Fsp3) is 0.261. The molecule has 0 unspecified atom stereocenters. The van der Waals surface area contributed by atoms with E-state index in [1.807, 2.05) is 26.0 Å². The Balaban J connectivity index is 1.84. The first-order valence-corrected chi connectivity index (χ1v) is 11.8. The molecule has 0 bridgehead atoms. The minimum Gasteiger partial charge on any atom is -0.310 e. The molecule has 1 aliphatic heterocycles. The van der Waals surface area contributed by atoms with E-state index >= 15 is 0 Å². The molecule has 2 N–H and O–H groups in total. The third kappa shape index (κ3) is 3.91. The van der Waals surface area contributed by atoms with Gasteiger partial charge in [-0.15, -0.1) is 0 Å². The number of benzene rings is 2. The summed E-state index contributed by atoms with van der Waals surface area (Å²) in [6.07, 6.45) is 0.657. The van der Waals surface area contributed by atoms with Gasteiger partial charge in [-0.1, -0.05) is 37.3 Å². The van der Waals surface area contributed by atoms with Crippen LogP contribution in [0.15, 0.2) is 47.4 Å². The standard InChI is InChI=1S/C23H24N4O4S/c1-4-17-22(23-24-20(28)11-12-21(29)27(23)25-17)16-10-9-15(3)19(13-16)32(30,31)26-18-8-6-5-7-14(18)2/h5-10,13,26H,4,11-12H2,1-3H3,(H,24,28). The Morgan fingerprint density at radius 3 is 2.53 bits per heavy atom. The molecule has 0 fully saturated rings. The molecule has 4 rings (SSSR count). The molecule has 0 radical (unpaired) electrons. The van der Waals surface area contributed by atoms with E-state index < -0.39 is 10.0 Å². The molecule has 0 spiro atoms. The summed E-state index contributed by atoms with van der Waals surface area (Å²) in [7, 11) is -3.88. The smallest absolute Gasteiger partial charge is 0.262 e. The van der Waals surface area contributed by atoms with Crippen molar-refractivity contribution in [1.82, 2.24) is 9.78 Å². The highest BCUT2D eigenvalue weighted by atomic mass is 32.2. The molecule has 0 atom stereocenters. The molecule has 1 amide bonds. The van der Waals surface area contributed by atoms with E-state index in [9.17, 15) is 18.0 Å². The molecule has 2 heterocycles. The van der Waals surface area contributed by atoms with Crippen molar-refractivity contribution in [2.75, 3.05) is 10.0 Å². The molecule has 9 heteroatoms. The maximum Gasteiger partial charge on any atom is 0.262 e. The summed E-state index contributed by atoms with van der Waals surface area (Å²) in [5, 5.41) is 7.17. The van der Waals surface area contributed by atoms with Gasteiger partial charge >= 0.3 is 0 Å². The van der Waals surface area contributed by atoms with Gasteiger partial charge in [-0.25, -0.2) is 8.42 Å². The third-order valence-electron chi connectivity index (χ3n) is 5.51. The first kappa shape index (κ1) is 21.8. The van der Waals surface area contributed by atoms with Crippen LogP contribution in [0.5, 0.6) is 0 Å². The van der Waals surface area contributed by atoms with E-state index in [-0.39, 0.29) is 35.4 Å². The average Bonchev–Trinajstić information content (AvgIpc) is 3.05. The zero-order chi connectivity index (χ0) is 23.0. The highest BCUT2D eigenvalue weighted by molar-refractivity contribution is 7.92. The van der Waals surface area contributed by atoms with Crippen LogP contribution in [-0.4, -0.2) is 30.0 Å². The minimum absolute atomic E-state index is 0.0664. The molecule has 0 aliphatic carbocycles. The number of fused-ring (bicyclic) bond motifs is 1. The van der Waals surface area contributed by atoms with E-state index in [1.165, 1.54) is 4.68 Å². The van der Waals surface area contributed by atoms with Gasteiger partial charge in [0.1, 0.15) is 5.82 Å². The van der Waals surface area contributed by atoms with Gasteiger partial charge in [-0.05, 0) is 49.1 Å². The van der Waals surface area contributed by atoms with Gasteiger partial charge < -0.3 is 5.32 Å². The summed E-state index contributed by atoms with van der Waals surface area (Å²) in [6, 6.07) is 12.2. The van der Waals surface area contributed by atoms with Crippen molar-refractivity contribution in [2.45, 2.75) is 44.9 Å². The maximum atomic E-state index is 13.2. The summed E-state index contributed by atoms with van der Waals surface area (Å²) in [5.41, 5.74) is 3.61. The second kappa shape index (κ2) is 8.23. The van der Waals surface area contributed by atoms with E-state index in [0.717, 1.165) is 5.56 Å². The zero-order valence-corrected chi connectivity index (χ0v) is 18.9. The molecule has 2 aromatic carbocycles. The summed E-state index contributed by atoms with van der Waals surface area (Å²) in [4.78, 5) is 24.8. The van der Waals surface area contributed by atoms with Crippen LogP contribution in [0.4, 0.5) is 11.5 Å². The topological polar surface area (TPSA) is 110 Å². The van der Waals surface area contributed by atoms with Gasteiger partial charge in [0.05, 0.1) is 16.3 Å². The van der Waals surface area contributed by atoms with Crippen LogP contribution in [0.3, 0.4) is 0 Å². The number of nitrogens with zero attached hydrogens (tertiary/aromatic N) is 2. The Hall–Kier alpha value is -3.46. The molecular weight excluding hydrogens is 428 g/mol. The summed E-state index contributed by atoms with van der Waals surface area (Å²) in [5.74, 6) is -0.268. The molecular formula is C23H24N4O4S. The zero-order valence-electron chi connectivity index (χ0n) is 18.1. The van der Waals surface area contributed by atoms with E-state index in [2.05, 4.69) is 15.1 Å². The number of aryl methyl sites for hydroxylation is 3. The lowest BCUT2D eigenvalue weighted by molar-refractivity contribution is -0.116. The first-order chi connectivity index (χ1) is 15.2. The molecule has 8 nitrogen and oxygen atoms in total. The number of rotatable bonds is 5. The lowest BCUT2D eigenvalue weighted by atomic mass is 10.0. The lowest BCUT2D eigenvalue weighted by Gasteiger charge is -2.14. The molecule has 0 saturated carbocycles. The Kier molecular flexibility index (Phi) is 5.60. The summed E-state index contributed by atoms with van der Waals surface area (Å²) in [6.45, 7) is 5.45. The van der Waals surface area contributed by atoms with Crippen LogP contribution in [0.25, 0.3) is 11.1 Å². The minimum atomic E-state index is -3.88. The van der Waals surface area contributed by atoms with Crippen LogP contribution in [0.2, 0.25) is 0 Å². The number of carbonyl (C=O) groups excluding carboxylic acids is 2. The van der Waals surface area contributed by atoms with Crippen molar-refractivity contribution in [3.05, 3.63) is 59.3 Å². The van der Waals surface area contributed by atoms with Crippen LogP contribution < -0.4 is 10.0 Å². The number of hydrogen-bond donors (Lipinski definition) is 2. The number of para-hydroxylation sites is 1. The highest BCUT2D eigenvalue weighted by Crippen LogP contribution is 2.36. The number of nitrogens with one attached hydrogen (secondary N) is 2. The van der Waals surface area contributed by atoms with Gasteiger partial charge in [0.25, 0.3) is 10.0 Å². The van der Waals surface area contributed by atoms with Gasteiger partial charge in [0.2, 0.25) is 11.8 Å². The van der Waals surface area contributed by atoms with Gasteiger partial charge in [-0.3, -0.25) is 14.3 Å². The second-order valence-corrected chi connectivity index (χ2v) is 9.43. The number of amides is 1. The van der Waals surface area contributed by atoms with Crippen LogP contribution >= 0.6 is 0 Å². The number of anilines is 2. The fourth-order valence-electron chi connectivity index (χ4n) is 3.76. The molecule has 1 aromatic heterocycles. The predicted octanol–water partition coefficient (Wildman–Crippen LogP) is 3.90. The van der Waals surface area contributed by atoms with E-state index in [0.29, 0.717) is 34.5 Å². The normalized spacial score (nSPS) is 14.0. The van der Waals surface area contributed by atoms with E-state index in [1.54, 1.807) is 37.3 Å². The number of hydrogen-bond acceptors (Lipinski definition) is 5. The Bertz CT molecular complexity index is 1340. The lowest BCUT2D eigenvalue weighted by Crippen LogP contribution is -2.15. The number of aromatic nitrogens is 2. The van der Waals surface area contributed by atoms with Crippen LogP contribution in [-0.2, 0) is 21.2 Å². The fourth-order valence-corrected chi connectivity index (χ4v) is 5.17. The van der Waals surface area contributed by atoms with Gasteiger partial charge in [0, 0.05) is 18.4 Å². The summed E-state index contributed by atoms with van der Waals surface area (Å²) >= 11 is 0. The van der Waals surface area contributed by atoms with Crippen LogP contribution in [0, 0.1) is 13.8 Å². The molecule has 32 heavy (non-hydrogen) atoms. The number of sulfonamides is 1. The van der Waals surface area contributed by atoms with Gasteiger partial charge in [-0.2, -0.15) is 9.78 Å². The third-order valence-corrected chi connectivity index (χ3v) is 7.02. The van der Waals surface area contributed by atoms with Gasteiger partial charge in [0.15, 0.2) is 0 Å². The SMILES string of the molecule is CCc1nn2c(c1-c1ccc(C)c(S(=O)(=O)Nc3ccccc3C)c1)NC(=O)CCC2=O. The maximum absolute atomic E-state index is 13.2. The van der Waals surface area contributed by atoms with E-state index in [4.69, 9.17) is 0 Å². The Morgan fingerprint density at radius 1 is 1.06 bits per heavy atom. The predicted molar refractivity (Wildman–Crippen MR) is 122 cm³/mol. The quantitative estimate of drug-likeness (QED) is 0.610. The van der Waals surface area contributed by atoms with Crippen molar-refractivity contribution in [3.8, 4) is 11.1 Å². The van der Waals surface area contributed by atoms with Crippen molar-refractivity contribution >= 4 is 33.3 Å². The number of carbonyl (C=O) groups is 2. The van der Waals surface area contributed by atoms with Crippen molar-refractivity contribution in [3.63, 3.8) is 0 Å². The van der Waals surface area contributed by atoms with Crippen molar-refractivity contribution in [1.29, 1.82) is 0 Å². The molecule has 1 aliphatic rings. The molecule has 0 saturated heterocycles. The largest absolute Gasteiger partial charge is 0.310 e. The summed E-state index contributed by atoms with van der Waals surface area (Å²) < 4.78 is 30.4. The van der Waals surface area contributed by atoms with Crippen molar-refractivity contribution < 1.29 is 18.0 Å². The average molecular weight is 453 g/mol. The monoisotopic (exact) mass is 452 g/mol. The van der Waals surface area contributed by atoms with Crippen molar-refractivity contribution in [2.24, 2.45) is 0 Å². The molecule has 166 valence electrons. The first-order valence-electron chi connectivity index (χ1n) is 10.4. The van der Waals surface area contributed by atoms with Crippen LogP contribution in [0.1, 0.15) is 41.4 Å². The Morgan fingerprint density at radius 2 is 1.81 bits per heavy atom. The highest BCUT2D eigenvalue weighted by Gasteiger charge is 2.28. The second-order valence-electron chi connectivity index (χ2n) is 7.78. The Labute approximate surface area is 186 Å². The molecule has 3 aromatic rings.